The van der Waals surface area contributed by atoms with Gasteiger partial charge in [-0.2, -0.15) is 11.7 Å². The lowest BCUT2D eigenvalue weighted by molar-refractivity contribution is -0.700. The SMILES string of the molecule is N[n+]1ccccn1.N[n+]1ccccn1.O=S(=O)([O-])[O-]. The molecule has 0 atom stereocenters. The lowest BCUT2D eigenvalue weighted by atomic mass is 10.6. The van der Waals surface area contributed by atoms with Crippen LogP contribution >= 0.6 is 0 Å². The number of hydrogen-bond donors (Lipinski definition) is 2. The second-order valence-corrected chi connectivity index (χ2v) is 3.58. The van der Waals surface area contributed by atoms with Gasteiger partial charge >= 0.3 is 0 Å². The molecule has 0 unspecified atom stereocenters. The van der Waals surface area contributed by atoms with Crippen LogP contribution in [0.15, 0.2) is 49.1 Å². The van der Waals surface area contributed by atoms with Crippen molar-refractivity contribution in [3.8, 4) is 0 Å². The normalized spacial score (nSPS) is 9.37. The number of rotatable bonds is 0. The molecule has 0 aromatic carbocycles. The summed E-state index contributed by atoms with van der Waals surface area (Å²) < 4.78 is 34.1. The standard InChI is InChI=1S/2C4H6N3.H2O4S/c2*5-7-4-2-1-3-6-7;1-5(2,3)4/h2*1-4H,(H2,5,6);(H2,1,2,3,4)/q2*+1;/p-2. The number of nitrogens with two attached hydrogens (primary N) is 2. The molecule has 11 heteroatoms. The summed E-state index contributed by atoms with van der Waals surface area (Å²) in [6.45, 7) is 0. The largest absolute Gasteiger partial charge is 0.759 e. The van der Waals surface area contributed by atoms with Crippen molar-refractivity contribution in [2.75, 3.05) is 11.7 Å². The molecule has 2 rings (SSSR count). The predicted molar refractivity (Wildman–Crippen MR) is 59.6 cm³/mol. The van der Waals surface area contributed by atoms with Gasteiger partial charge in [0.2, 0.25) is 12.4 Å². The summed E-state index contributed by atoms with van der Waals surface area (Å²) in [4.78, 5) is 2.50. The van der Waals surface area contributed by atoms with Gasteiger partial charge in [-0.15, -0.1) is 0 Å². The van der Waals surface area contributed by atoms with Gasteiger partial charge in [0.1, 0.15) is 0 Å². The third-order valence-corrected chi connectivity index (χ3v) is 1.27. The van der Waals surface area contributed by atoms with E-state index in [1.807, 2.05) is 24.3 Å². The average Bonchev–Trinajstić information content (AvgIpc) is 2.29. The number of nitrogen functional groups attached to an aromatic ring is 2. The number of aromatic nitrogens is 4. The van der Waals surface area contributed by atoms with Gasteiger partial charge in [0.15, 0.2) is 0 Å². The Balaban J connectivity index is 0.000000261. The van der Waals surface area contributed by atoms with E-state index in [1.54, 1.807) is 24.8 Å². The van der Waals surface area contributed by atoms with E-state index in [4.69, 9.17) is 29.2 Å². The van der Waals surface area contributed by atoms with E-state index in [1.165, 1.54) is 9.58 Å². The van der Waals surface area contributed by atoms with Crippen molar-refractivity contribution in [1.82, 2.24) is 10.2 Å². The molecule has 2 aromatic rings. The first kappa shape index (κ1) is 16.6. The van der Waals surface area contributed by atoms with Crippen LogP contribution in [-0.4, -0.2) is 27.7 Å². The molecule has 0 spiro atoms. The van der Waals surface area contributed by atoms with Gasteiger partial charge in [0.05, 0.1) is 12.4 Å². The van der Waals surface area contributed by atoms with E-state index >= 15 is 0 Å². The molecule has 4 N–H and O–H groups in total. The Hall–Kier alpha value is -2.37. The van der Waals surface area contributed by atoms with E-state index in [0.717, 1.165) is 0 Å². The van der Waals surface area contributed by atoms with Crippen molar-refractivity contribution in [2.24, 2.45) is 0 Å². The molecule has 0 aliphatic carbocycles. The highest BCUT2D eigenvalue weighted by Gasteiger charge is 1.82. The van der Waals surface area contributed by atoms with Crippen LogP contribution in [0.4, 0.5) is 0 Å². The highest BCUT2D eigenvalue weighted by atomic mass is 32.3. The van der Waals surface area contributed by atoms with Gasteiger partial charge < -0.3 is 9.11 Å². The lowest BCUT2D eigenvalue weighted by Gasteiger charge is -2.06. The van der Waals surface area contributed by atoms with E-state index in [9.17, 15) is 0 Å². The van der Waals surface area contributed by atoms with Crippen LogP contribution in [0.1, 0.15) is 0 Å². The van der Waals surface area contributed by atoms with Gasteiger partial charge in [0.25, 0.3) is 0 Å². The molecule has 0 bridgehead atoms. The van der Waals surface area contributed by atoms with Crippen LogP contribution in [-0.2, 0) is 10.4 Å². The Morgan fingerprint density at radius 3 is 1.26 bits per heavy atom. The summed E-state index contributed by atoms with van der Waals surface area (Å²) >= 11 is 0. The van der Waals surface area contributed by atoms with Crippen molar-refractivity contribution < 1.29 is 27.1 Å². The molecule has 0 radical (unpaired) electrons. The third kappa shape index (κ3) is 15.6. The summed E-state index contributed by atoms with van der Waals surface area (Å²) in [5.41, 5.74) is 0. The summed E-state index contributed by atoms with van der Waals surface area (Å²) in [7, 11) is -5.17. The summed E-state index contributed by atoms with van der Waals surface area (Å²) in [6.07, 6.45) is 6.58. The fourth-order valence-corrected chi connectivity index (χ4v) is 0.683. The fraction of sp³-hybridized carbons (Fsp3) is 0. The maximum atomic E-state index is 8.52. The van der Waals surface area contributed by atoms with Gasteiger partial charge in [-0.05, 0) is 12.1 Å². The smallest absolute Gasteiger partial charge is 0.230 e. The molecule has 0 amide bonds. The molecule has 0 aliphatic rings. The van der Waals surface area contributed by atoms with Gasteiger partial charge in [-0.3, -0.25) is 8.42 Å². The number of nitrogens with zero attached hydrogens (tertiary/aromatic N) is 4. The second-order valence-electron chi connectivity index (χ2n) is 2.77. The molecule has 0 aliphatic heterocycles. The first-order valence-electron chi connectivity index (χ1n) is 4.62. The molecule has 0 saturated heterocycles. The summed E-state index contributed by atoms with van der Waals surface area (Å²) in [5, 5.41) is 7.35. The Labute approximate surface area is 109 Å². The van der Waals surface area contributed by atoms with E-state index in [0.29, 0.717) is 0 Å². The van der Waals surface area contributed by atoms with Crippen LogP contribution in [0.2, 0.25) is 0 Å². The second kappa shape index (κ2) is 8.68. The van der Waals surface area contributed by atoms with Crippen molar-refractivity contribution in [1.29, 1.82) is 0 Å². The first-order chi connectivity index (χ1) is 8.79. The van der Waals surface area contributed by atoms with Crippen LogP contribution < -0.4 is 21.3 Å². The first-order valence-corrected chi connectivity index (χ1v) is 5.95. The Morgan fingerprint density at radius 1 is 0.842 bits per heavy atom. The van der Waals surface area contributed by atoms with E-state index < -0.39 is 10.4 Å². The van der Waals surface area contributed by atoms with Crippen molar-refractivity contribution in [3.05, 3.63) is 49.1 Å². The lowest BCUT2D eigenvalue weighted by Crippen LogP contribution is -2.47. The topological polar surface area (TPSA) is 166 Å². The maximum Gasteiger partial charge on any atom is 0.230 e. The summed E-state index contributed by atoms with van der Waals surface area (Å²) in [5.74, 6) is 10.3. The molecular formula is C8H12N6O4S. The maximum absolute atomic E-state index is 8.52. The quantitative estimate of drug-likeness (QED) is 0.221. The monoisotopic (exact) mass is 288 g/mol. The average molecular weight is 288 g/mol. The van der Waals surface area contributed by atoms with E-state index in [-0.39, 0.29) is 0 Å². The Morgan fingerprint density at radius 2 is 1.16 bits per heavy atom. The zero-order valence-corrected chi connectivity index (χ0v) is 10.4. The molecule has 19 heavy (non-hydrogen) atoms. The zero-order chi connectivity index (χ0) is 14.7. The third-order valence-electron chi connectivity index (χ3n) is 1.27. The zero-order valence-electron chi connectivity index (χ0n) is 9.60. The molecular weight excluding hydrogens is 276 g/mol. The van der Waals surface area contributed by atoms with Gasteiger partial charge in [0, 0.05) is 42.3 Å². The van der Waals surface area contributed by atoms with Crippen LogP contribution in [0, 0.1) is 0 Å². The Kier molecular flexibility index (Phi) is 7.60. The van der Waals surface area contributed by atoms with Crippen molar-refractivity contribution in [3.63, 3.8) is 0 Å². The minimum atomic E-state index is -5.17. The number of hydrogen-bond acceptors (Lipinski definition) is 8. The van der Waals surface area contributed by atoms with Crippen LogP contribution in [0.3, 0.4) is 0 Å². The fourth-order valence-electron chi connectivity index (χ4n) is 0.683. The van der Waals surface area contributed by atoms with Crippen molar-refractivity contribution in [2.45, 2.75) is 0 Å². The minimum Gasteiger partial charge on any atom is -0.759 e. The molecule has 104 valence electrons. The van der Waals surface area contributed by atoms with Crippen LogP contribution in [0.5, 0.6) is 0 Å². The molecule has 10 nitrogen and oxygen atoms in total. The molecule has 2 heterocycles. The highest BCUT2D eigenvalue weighted by Crippen LogP contribution is 1.66. The molecule has 0 fully saturated rings. The highest BCUT2D eigenvalue weighted by molar-refractivity contribution is 7.79. The van der Waals surface area contributed by atoms with Gasteiger partial charge in [-0.1, -0.05) is 0 Å². The van der Waals surface area contributed by atoms with Gasteiger partial charge in [-0.25, -0.2) is 0 Å². The minimum absolute atomic E-state index is 1.25. The Bertz CT molecular complexity index is 504. The van der Waals surface area contributed by atoms with E-state index in [2.05, 4.69) is 10.2 Å². The van der Waals surface area contributed by atoms with Crippen LogP contribution in [0.25, 0.3) is 0 Å². The molecule has 0 saturated carbocycles. The summed E-state index contributed by atoms with van der Waals surface area (Å²) in [6, 6.07) is 7.24. The molecule has 2 aromatic heterocycles. The predicted octanol–water partition coefficient (Wildman–Crippen LogP) is -3.17. The van der Waals surface area contributed by atoms with Crippen molar-refractivity contribution >= 4 is 10.4 Å².